The maximum atomic E-state index is 9.08. The minimum Gasteiger partial charge on any atom is -0.508 e. The van der Waals surface area contributed by atoms with Gasteiger partial charge < -0.3 is 23.8 Å². The normalized spacial score (nSPS) is 13.4. The van der Waals surface area contributed by atoms with Gasteiger partial charge in [0.1, 0.15) is 5.82 Å². The Labute approximate surface area is 453 Å². The van der Waals surface area contributed by atoms with Crippen LogP contribution in [0.4, 0.5) is 11.4 Å². The number of hydrogen-bond donors (Lipinski definition) is 0. The molecule has 12 aromatic rings. The maximum absolute atomic E-state index is 9.08. The van der Waals surface area contributed by atoms with E-state index in [-0.39, 0.29) is 61.6 Å². The minimum absolute atomic E-state index is 0. The SMILES string of the molecule is [2H]c1c([2H])c([2H])c(-c2cc(-c3cccc4c5ccccc5c5ccccc5c5cccc6c5n(c34)[CH-]N6c3[c-]c(Oc4[c-]c5c(cc4)c4ccccc4n5-c4cc(C(C)(C)C)ccn4)cnc3)cc(C(C)(C)C)c2)c([2H])c1[2H].[Pt]. The molecule has 0 N–H and O–H groups in total. The van der Waals surface area contributed by atoms with Crippen LogP contribution in [0.5, 0.6) is 11.5 Å². The summed E-state index contributed by atoms with van der Waals surface area (Å²) < 4.78 is 55.0. The van der Waals surface area contributed by atoms with Gasteiger partial charge in [0.2, 0.25) is 0 Å². The van der Waals surface area contributed by atoms with Crippen molar-refractivity contribution in [3.8, 4) is 39.6 Å². The van der Waals surface area contributed by atoms with Crippen LogP contribution in [0.3, 0.4) is 0 Å². The minimum atomic E-state index is -0.426. The van der Waals surface area contributed by atoms with Gasteiger partial charge in [0.15, 0.2) is 0 Å². The number of aromatic nitrogens is 4. The summed E-state index contributed by atoms with van der Waals surface area (Å²) in [7, 11) is 0. The zero-order chi connectivity index (χ0) is 53.9. The Morgan fingerprint density at radius 3 is 1.89 bits per heavy atom. The van der Waals surface area contributed by atoms with Crippen LogP contribution in [0.2, 0.25) is 0 Å². The van der Waals surface area contributed by atoms with E-state index >= 15 is 0 Å². The molecule has 6 nitrogen and oxygen atoms in total. The summed E-state index contributed by atoms with van der Waals surface area (Å²) in [6.45, 7) is 15.1. The van der Waals surface area contributed by atoms with E-state index in [0.717, 1.165) is 93.4 Å². The Morgan fingerprint density at radius 1 is 0.541 bits per heavy atom. The first-order chi connectivity index (χ1) is 37.5. The molecule has 0 saturated carbocycles. The van der Waals surface area contributed by atoms with Gasteiger partial charge in [-0.2, -0.15) is 6.07 Å². The summed E-state index contributed by atoms with van der Waals surface area (Å²) in [4.78, 5) is 11.8. The molecule has 1 aliphatic heterocycles. The summed E-state index contributed by atoms with van der Waals surface area (Å²) in [6, 6.07) is 58.1. The van der Waals surface area contributed by atoms with E-state index in [1.54, 1.807) is 12.4 Å². The van der Waals surface area contributed by atoms with Gasteiger partial charge in [0.05, 0.1) is 6.85 Å². The quantitative estimate of drug-likeness (QED) is 0.156. The van der Waals surface area contributed by atoms with Crippen molar-refractivity contribution in [1.29, 1.82) is 0 Å². The standard InChI is InChI=1S/C67H52N5O.Pt/c1-66(2,3)46-32-33-69-63(37-46)72-60-28-15-14-24-56(60)57-31-30-49(39-62(57)72)73-50-38-48(40-68-41-50)70-42-71-64-51(45-34-44(43-18-8-7-9-19-43)35-47(36-45)67(4,5)6)25-16-26-58(64)54-22-12-10-20-52(54)53-21-11-13-23-55(53)59-27-17-29-61(70)65(59)71;/h7-37,40-42H,1-6H3;/q-3;/i7D,8D,9D,18D,19D;. The summed E-state index contributed by atoms with van der Waals surface area (Å²) in [5.74, 6) is 1.71. The number of rotatable bonds is 6. The molecule has 0 spiro atoms. The third-order valence-corrected chi connectivity index (χ3v) is 14.2. The average Bonchev–Trinajstić information content (AvgIpc) is 4.13. The number of ether oxygens (including phenoxy) is 1. The van der Waals surface area contributed by atoms with Crippen molar-refractivity contribution in [2.24, 2.45) is 0 Å². The molecule has 8 aromatic carbocycles. The van der Waals surface area contributed by atoms with Gasteiger partial charge in [0.25, 0.3) is 0 Å². The molecule has 74 heavy (non-hydrogen) atoms. The van der Waals surface area contributed by atoms with Crippen LogP contribution >= 0.6 is 0 Å². The number of nitrogens with zero attached hydrogens (tertiary/aromatic N) is 5. The summed E-state index contributed by atoms with van der Waals surface area (Å²) in [5.41, 5.74) is 9.33. The fraction of sp³-hybridized carbons (Fsp3) is 0.119. The summed E-state index contributed by atoms with van der Waals surface area (Å²) in [5, 5.41) is 8.39. The van der Waals surface area contributed by atoms with Crippen LogP contribution in [0.1, 0.15) is 59.5 Å². The fourth-order valence-corrected chi connectivity index (χ4v) is 10.5. The van der Waals surface area contributed by atoms with E-state index in [9.17, 15) is 0 Å². The predicted octanol–water partition coefficient (Wildman–Crippen LogP) is 17.6. The van der Waals surface area contributed by atoms with E-state index in [1.165, 1.54) is 5.56 Å². The number of hydrogen-bond acceptors (Lipinski definition) is 4. The van der Waals surface area contributed by atoms with E-state index in [0.29, 0.717) is 22.7 Å². The Kier molecular flexibility index (Phi) is 10.1. The zero-order valence-electron chi connectivity index (χ0n) is 46.7. The van der Waals surface area contributed by atoms with Crippen molar-refractivity contribution in [2.45, 2.75) is 52.4 Å². The van der Waals surface area contributed by atoms with Crippen LogP contribution in [0, 0.1) is 18.8 Å². The van der Waals surface area contributed by atoms with Gasteiger partial charge in [-0.1, -0.05) is 198 Å². The first-order valence-electron chi connectivity index (χ1n) is 27.1. The van der Waals surface area contributed by atoms with E-state index in [1.807, 2.05) is 30.5 Å². The van der Waals surface area contributed by atoms with Crippen molar-refractivity contribution >= 4 is 76.5 Å². The second-order valence-electron chi connectivity index (χ2n) is 20.8. The first kappa shape index (κ1) is 41.3. The molecule has 4 aromatic heterocycles. The van der Waals surface area contributed by atoms with Gasteiger partial charge >= 0.3 is 0 Å². The number of fused-ring (bicyclic) bond motifs is 10. The molecular formula is C67H52N5OPt-3. The average molecular weight is 1140 g/mol. The third-order valence-electron chi connectivity index (χ3n) is 14.2. The van der Waals surface area contributed by atoms with Gasteiger partial charge in [0, 0.05) is 50.0 Å². The Hall–Kier alpha value is -8.18. The van der Waals surface area contributed by atoms with E-state index in [2.05, 4.69) is 202 Å². The van der Waals surface area contributed by atoms with Crippen LogP contribution in [0.15, 0.2) is 200 Å². The summed E-state index contributed by atoms with van der Waals surface area (Å²) in [6.07, 6.45) is 5.34. The Balaban J connectivity index is 0.00000623. The molecule has 0 radical (unpaired) electrons. The molecule has 1 aliphatic rings. The molecule has 13 rings (SSSR count). The zero-order valence-corrected chi connectivity index (χ0v) is 44.0. The Bertz CT molecular complexity index is 4540. The van der Waals surface area contributed by atoms with Gasteiger partial charge in [-0.25, -0.2) is 4.98 Å². The van der Waals surface area contributed by atoms with Crippen molar-refractivity contribution < 1.29 is 32.7 Å². The Morgan fingerprint density at radius 2 is 1.18 bits per heavy atom. The second-order valence-corrected chi connectivity index (χ2v) is 20.8. The van der Waals surface area contributed by atoms with Crippen molar-refractivity contribution in [3.05, 3.63) is 230 Å². The van der Waals surface area contributed by atoms with Gasteiger partial charge in [-0.15, -0.1) is 23.6 Å². The molecule has 0 unspecified atom stereocenters. The van der Waals surface area contributed by atoms with Crippen LogP contribution in [0.25, 0.3) is 93.2 Å². The van der Waals surface area contributed by atoms with E-state index < -0.39 is 6.04 Å². The van der Waals surface area contributed by atoms with Gasteiger partial charge in [-0.3, -0.25) is 0 Å². The predicted molar refractivity (Wildman–Crippen MR) is 303 cm³/mol. The summed E-state index contributed by atoms with van der Waals surface area (Å²) >= 11 is 0. The number of anilines is 2. The van der Waals surface area contributed by atoms with Crippen molar-refractivity contribution in [3.63, 3.8) is 0 Å². The number of benzene rings is 8. The van der Waals surface area contributed by atoms with Crippen LogP contribution in [-0.2, 0) is 31.9 Å². The topological polar surface area (TPSA) is 48.1 Å². The smallest absolute Gasteiger partial charge is 0.135 e. The largest absolute Gasteiger partial charge is 0.508 e. The van der Waals surface area contributed by atoms with Crippen molar-refractivity contribution in [1.82, 2.24) is 19.1 Å². The molecule has 0 amide bonds. The van der Waals surface area contributed by atoms with Crippen LogP contribution in [-0.4, -0.2) is 19.1 Å². The van der Waals surface area contributed by atoms with Crippen LogP contribution < -0.4 is 9.64 Å². The van der Waals surface area contributed by atoms with Gasteiger partial charge in [-0.05, 0) is 136 Å². The molecule has 0 fully saturated rings. The molecule has 0 bridgehead atoms. The number of para-hydroxylation sites is 3. The molecular weight excluding hydrogens is 1090 g/mol. The fourth-order valence-electron chi connectivity index (χ4n) is 10.5. The third kappa shape index (κ3) is 7.96. The molecule has 0 saturated heterocycles. The number of pyridine rings is 2. The molecule has 364 valence electrons. The maximum Gasteiger partial charge on any atom is 0.135 e. The monoisotopic (exact) mass is 1140 g/mol. The van der Waals surface area contributed by atoms with E-state index in [4.69, 9.17) is 21.6 Å². The van der Waals surface area contributed by atoms with Crippen molar-refractivity contribution in [2.75, 3.05) is 4.90 Å². The second kappa shape index (κ2) is 18.1. The first-order valence-corrected chi connectivity index (χ1v) is 24.6. The molecule has 0 atom stereocenters. The molecule has 5 heterocycles. The molecule has 0 aliphatic carbocycles. The molecule has 7 heteroatoms.